The molecule has 0 fully saturated rings. The maximum absolute atomic E-state index is 11.4. The second-order valence-electron chi connectivity index (χ2n) is 5.49. The van der Waals surface area contributed by atoms with Crippen molar-refractivity contribution < 1.29 is 20.1 Å². The van der Waals surface area contributed by atoms with Gasteiger partial charge in [-0.1, -0.05) is 23.8 Å². The molecule has 0 aliphatic heterocycles. The fourth-order valence-electron chi connectivity index (χ4n) is 1.96. The molecule has 0 saturated heterocycles. The summed E-state index contributed by atoms with van der Waals surface area (Å²) in [5, 5.41) is 4.84. The Kier molecular flexibility index (Phi) is 13.0. The Morgan fingerprint density at radius 1 is 1.46 bits per heavy atom. The van der Waals surface area contributed by atoms with Gasteiger partial charge in [0, 0.05) is 6.54 Å². The molecule has 0 radical (unpaired) electrons. The lowest BCUT2D eigenvalue weighted by atomic mass is 10.1. The number of esters is 1. The molecule has 0 aromatic carbocycles. The van der Waals surface area contributed by atoms with Gasteiger partial charge in [0.25, 0.3) is 5.91 Å². The van der Waals surface area contributed by atoms with E-state index in [0.29, 0.717) is 12.8 Å². The Balaban J connectivity index is 0.000000735. The van der Waals surface area contributed by atoms with Gasteiger partial charge in [0.05, 0.1) is 12.4 Å². The molecular weight excluding hydrogens is 340 g/mol. The third-order valence-corrected chi connectivity index (χ3v) is 3.36. The van der Waals surface area contributed by atoms with Gasteiger partial charge in [0.1, 0.15) is 6.04 Å². The summed E-state index contributed by atoms with van der Waals surface area (Å²) >= 11 is 0. The van der Waals surface area contributed by atoms with Crippen LogP contribution < -0.4 is 22.2 Å². The van der Waals surface area contributed by atoms with Crippen LogP contribution in [0, 0.1) is 4.91 Å². The number of allylic oxidation sites excluding steroid dienone is 4. The first kappa shape index (κ1) is 23.2. The zero-order valence-electron chi connectivity index (χ0n) is 15.4. The summed E-state index contributed by atoms with van der Waals surface area (Å²) < 4.78 is 4.57. The average Bonchev–Trinajstić information content (AvgIpc) is 2.64. The summed E-state index contributed by atoms with van der Waals surface area (Å²) in [5.74, 6) is -0.983. The second-order valence-corrected chi connectivity index (χ2v) is 5.49. The number of methoxy groups -OCH3 is 1. The molecule has 0 aromatic rings. The average molecular weight is 369 g/mol. The highest BCUT2D eigenvalue weighted by molar-refractivity contribution is 5.84. The van der Waals surface area contributed by atoms with Gasteiger partial charge in [0.15, 0.2) is 6.54 Å². The number of ether oxygens (including phenoxy) is 1. The van der Waals surface area contributed by atoms with Crippen molar-refractivity contribution in [3.8, 4) is 0 Å². The molecule has 10 nitrogen and oxygen atoms in total. The van der Waals surface area contributed by atoms with Crippen molar-refractivity contribution in [1.29, 1.82) is 0 Å². The van der Waals surface area contributed by atoms with E-state index >= 15 is 0 Å². The summed E-state index contributed by atoms with van der Waals surface area (Å²) in [7, 11) is 1.24. The van der Waals surface area contributed by atoms with Gasteiger partial charge in [-0.05, 0) is 32.6 Å². The number of nitrogens with one attached hydrogen (secondary N) is 2. The van der Waals surface area contributed by atoms with E-state index in [1.807, 2.05) is 5.43 Å². The van der Waals surface area contributed by atoms with Gasteiger partial charge in [-0.2, -0.15) is 0 Å². The summed E-state index contributed by atoms with van der Waals surface area (Å²) in [5.41, 5.74) is 12.1. The predicted octanol–water partition coefficient (Wildman–Crippen LogP) is -0.465. The predicted molar refractivity (Wildman–Crippen MR) is 98.5 cm³/mol. The van der Waals surface area contributed by atoms with E-state index in [1.165, 1.54) is 25.5 Å². The summed E-state index contributed by atoms with van der Waals surface area (Å²) in [6.07, 6.45) is 9.80. The smallest absolute Gasteiger partial charge is 0.328 e. The van der Waals surface area contributed by atoms with Crippen molar-refractivity contribution >= 4 is 17.8 Å². The first-order chi connectivity index (χ1) is 12.4. The molecule has 0 saturated carbocycles. The number of carbonyl (C=O) groups is 2. The molecule has 10 heteroatoms. The summed E-state index contributed by atoms with van der Waals surface area (Å²) in [4.78, 5) is 36.2. The minimum absolute atomic E-state index is 0.0352. The number of guanidine groups is 1. The van der Waals surface area contributed by atoms with Gasteiger partial charge < -0.3 is 21.5 Å². The van der Waals surface area contributed by atoms with Crippen molar-refractivity contribution in [3.63, 3.8) is 0 Å². The monoisotopic (exact) mass is 369 g/mol. The number of aliphatic imine (C=N–C) groups is 1. The lowest BCUT2D eigenvalue weighted by molar-refractivity contribution is -0.355. The van der Waals surface area contributed by atoms with Crippen molar-refractivity contribution in [1.82, 2.24) is 10.7 Å². The molecule has 1 aliphatic rings. The number of amides is 1. The van der Waals surface area contributed by atoms with Gasteiger partial charge >= 0.3 is 5.97 Å². The van der Waals surface area contributed by atoms with E-state index in [9.17, 15) is 14.5 Å². The van der Waals surface area contributed by atoms with Gasteiger partial charge in [-0.25, -0.2) is 10.2 Å². The molecule has 0 bridgehead atoms. The Labute approximate surface area is 153 Å². The van der Waals surface area contributed by atoms with Crippen LogP contribution in [-0.4, -0.2) is 44.1 Å². The first-order valence-electron chi connectivity index (χ1n) is 8.31. The van der Waals surface area contributed by atoms with E-state index < -0.39 is 12.0 Å². The lowest BCUT2D eigenvalue weighted by Crippen LogP contribution is -2.59. The topological polar surface area (TPSA) is 163 Å². The molecule has 1 unspecified atom stereocenters. The fourth-order valence-corrected chi connectivity index (χ4v) is 1.96. The summed E-state index contributed by atoms with van der Waals surface area (Å²) in [6, 6.07) is -0.743. The van der Waals surface area contributed by atoms with Crippen LogP contribution in [-0.2, 0) is 14.3 Å². The largest absolute Gasteiger partial charge is 0.467 e. The van der Waals surface area contributed by atoms with Crippen LogP contribution in [0.3, 0.4) is 0 Å². The van der Waals surface area contributed by atoms with Crippen molar-refractivity contribution in [2.24, 2.45) is 16.0 Å². The van der Waals surface area contributed by atoms with Crippen LogP contribution in [0.4, 0.5) is 0 Å². The number of nitrogens with two attached hydrogens (primary N) is 1. The Hall–Kier alpha value is -2.75. The SMILES string of the molecule is CC1=CC=CCC1.COC(=O)C(CCCN=C(N)NN=O)NC(=O)C[NH3+]. The molecule has 1 aliphatic carbocycles. The van der Waals surface area contributed by atoms with E-state index in [2.05, 4.69) is 51.2 Å². The van der Waals surface area contributed by atoms with Crippen molar-refractivity contribution in [2.45, 2.75) is 38.6 Å². The highest BCUT2D eigenvalue weighted by atomic mass is 16.5. The van der Waals surface area contributed by atoms with E-state index in [4.69, 9.17) is 5.73 Å². The third-order valence-electron chi connectivity index (χ3n) is 3.36. The second kappa shape index (κ2) is 14.6. The quantitative estimate of drug-likeness (QED) is 0.113. The minimum atomic E-state index is -0.743. The zero-order chi connectivity index (χ0) is 19.8. The lowest BCUT2D eigenvalue weighted by Gasteiger charge is -2.14. The number of rotatable bonds is 8. The molecular formula is C16H29N6O4+. The van der Waals surface area contributed by atoms with Gasteiger partial charge in [0.2, 0.25) is 5.96 Å². The van der Waals surface area contributed by atoms with E-state index in [-0.39, 0.29) is 25.0 Å². The van der Waals surface area contributed by atoms with Crippen LogP contribution >= 0.6 is 0 Å². The standard InChI is InChI=1S/C9H18N6O4.C7H10/c1-19-8(17)6(13-7(16)5-10)3-2-4-12-9(11)14-15-18;1-7-5-3-2-4-6-7/h6H,2-5,10H2,1H3,(H,13,16)(H3,11,12,14,18);2-3,5H,4,6H2,1H3/p+1. The van der Waals surface area contributed by atoms with Crippen LogP contribution in [0.2, 0.25) is 0 Å². The Morgan fingerprint density at radius 2 is 2.19 bits per heavy atom. The third kappa shape index (κ3) is 11.7. The summed E-state index contributed by atoms with van der Waals surface area (Å²) in [6.45, 7) is 2.49. The van der Waals surface area contributed by atoms with Crippen LogP contribution in [0.1, 0.15) is 32.6 Å². The van der Waals surface area contributed by atoms with Crippen molar-refractivity contribution in [3.05, 3.63) is 28.7 Å². The molecule has 7 N–H and O–H groups in total. The molecule has 1 atom stereocenters. The zero-order valence-corrected chi connectivity index (χ0v) is 15.4. The normalized spacial score (nSPS) is 14.3. The molecule has 1 amide bonds. The van der Waals surface area contributed by atoms with Gasteiger partial charge in [-0.15, -0.1) is 4.91 Å². The van der Waals surface area contributed by atoms with E-state index in [0.717, 1.165) is 0 Å². The van der Waals surface area contributed by atoms with Crippen LogP contribution in [0.25, 0.3) is 0 Å². The number of nitrogens with zero attached hydrogens (tertiary/aromatic N) is 2. The van der Waals surface area contributed by atoms with E-state index in [1.54, 1.807) is 0 Å². The maximum atomic E-state index is 11.4. The number of hydrogen-bond acceptors (Lipinski definition) is 6. The number of carbonyl (C=O) groups excluding carboxylic acids is 2. The number of nitroso groups, excluding NO2 is 1. The number of hydrogen-bond donors (Lipinski definition) is 4. The Bertz CT molecular complexity index is 545. The first-order valence-corrected chi connectivity index (χ1v) is 8.31. The molecule has 0 aromatic heterocycles. The highest BCUT2D eigenvalue weighted by Crippen LogP contribution is 2.08. The molecule has 146 valence electrons. The van der Waals surface area contributed by atoms with Crippen LogP contribution in [0.15, 0.2) is 34.1 Å². The highest BCUT2D eigenvalue weighted by Gasteiger charge is 2.20. The molecule has 1 rings (SSSR count). The maximum Gasteiger partial charge on any atom is 0.328 e. The van der Waals surface area contributed by atoms with Gasteiger partial charge in [-0.3, -0.25) is 9.79 Å². The minimum Gasteiger partial charge on any atom is -0.467 e. The van der Waals surface area contributed by atoms with Crippen molar-refractivity contribution in [2.75, 3.05) is 20.2 Å². The number of quaternary nitrogens is 1. The van der Waals surface area contributed by atoms with Crippen LogP contribution in [0.5, 0.6) is 0 Å². The molecule has 0 spiro atoms. The Morgan fingerprint density at radius 3 is 2.65 bits per heavy atom. The fraction of sp³-hybridized carbons (Fsp3) is 0.562. The molecule has 26 heavy (non-hydrogen) atoms. The molecule has 0 heterocycles.